The van der Waals surface area contributed by atoms with Crippen molar-refractivity contribution in [1.82, 2.24) is 14.9 Å². The molecule has 1 aromatic heterocycles. The molecule has 0 saturated heterocycles. The van der Waals surface area contributed by atoms with Crippen LogP contribution in [0.15, 0.2) is 65.8 Å². The minimum atomic E-state index is -3.34. The zero-order valence-electron chi connectivity index (χ0n) is 14.8. The molecule has 0 fully saturated rings. The third-order valence-corrected chi connectivity index (χ3v) is 5.25. The molecule has 0 aliphatic rings. The van der Waals surface area contributed by atoms with Gasteiger partial charge in [-0.05, 0) is 42.0 Å². The number of amides is 1. The summed E-state index contributed by atoms with van der Waals surface area (Å²) in [6.45, 7) is 0. The van der Waals surface area contributed by atoms with Crippen LogP contribution in [0.3, 0.4) is 0 Å². The molecule has 1 heterocycles. The van der Waals surface area contributed by atoms with Gasteiger partial charge < -0.3 is 9.88 Å². The molecule has 1 unspecified atom stereocenters. The summed E-state index contributed by atoms with van der Waals surface area (Å²) >= 11 is 0. The van der Waals surface area contributed by atoms with Crippen molar-refractivity contribution in [3.05, 3.63) is 83.7 Å². The normalized spacial score (nSPS) is 12.6. The fourth-order valence-electron chi connectivity index (χ4n) is 2.71. The smallest absolute Gasteiger partial charge is 0.252 e. The number of imidazole rings is 1. The van der Waals surface area contributed by atoms with Crippen LogP contribution in [0.1, 0.15) is 27.8 Å². The molecule has 1 N–H and O–H groups in total. The van der Waals surface area contributed by atoms with Gasteiger partial charge in [-0.1, -0.05) is 12.1 Å². The van der Waals surface area contributed by atoms with E-state index in [-0.39, 0.29) is 10.5 Å². The highest BCUT2D eigenvalue weighted by atomic mass is 32.2. The van der Waals surface area contributed by atoms with E-state index in [0.717, 1.165) is 6.26 Å². The molecule has 3 rings (SSSR count). The van der Waals surface area contributed by atoms with Gasteiger partial charge in [0.25, 0.3) is 5.91 Å². The van der Waals surface area contributed by atoms with E-state index >= 15 is 0 Å². The SMILES string of the molecule is Cn1ccnc1C(NC(=O)c1ccc(S(C)(=O)=O)cc1)c1cccc(F)c1. The van der Waals surface area contributed by atoms with Crippen LogP contribution >= 0.6 is 0 Å². The Bertz CT molecular complexity index is 1080. The molecular weight excluding hydrogens is 369 g/mol. The molecule has 8 heteroatoms. The second-order valence-electron chi connectivity index (χ2n) is 6.15. The third kappa shape index (κ3) is 4.22. The van der Waals surface area contributed by atoms with Crippen molar-refractivity contribution in [3.63, 3.8) is 0 Å². The number of aryl methyl sites for hydroxylation is 1. The van der Waals surface area contributed by atoms with Crippen LogP contribution in [0.2, 0.25) is 0 Å². The fourth-order valence-corrected chi connectivity index (χ4v) is 3.34. The summed E-state index contributed by atoms with van der Waals surface area (Å²) in [5, 5.41) is 2.84. The molecule has 0 aliphatic heterocycles. The summed E-state index contributed by atoms with van der Waals surface area (Å²) in [6, 6.07) is 10.9. The summed E-state index contributed by atoms with van der Waals surface area (Å²) < 4.78 is 38.5. The zero-order chi connectivity index (χ0) is 19.6. The summed E-state index contributed by atoms with van der Waals surface area (Å²) in [4.78, 5) is 17.1. The number of benzene rings is 2. The average molecular weight is 387 g/mol. The van der Waals surface area contributed by atoms with Crippen LogP contribution < -0.4 is 5.32 Å². The first kappa shape index (κ1) is 18.8. The summed E-state index contributed by atoms with van der Waals surface area (Å²) in [7, 11) is -1.56. The minimum absolute atomic E-state index is 0.129. The Kier molecular flexibility index (Phi) is 5.09. The zero-order valence-corrected chi connectivity index (χ0v) is 15.6. The summed E-state index contributed by atoms with van der Waals surface area (Å²) in [5.74, 6) is -0.299. The van der Waals surface area contributed by atoms with Crippen molar-refractivity contribution in [2.45, 2.75) is 10.9 Å². The van der Waals surface area contributed by atoms with Crippen molar-refractivity contribution >= 4 is 15.7 Å². The molecular formula is C19H18FN3O3S. The van der Waals surface area contributed by atoms with Crippen molar-refractivity contribution in [2.75, 3.05) is 6.26 Å². The monoisotopic (exact) mass is 387 g/mol. The Morgan fingerprint density at radius 2 is 1.89 bits per heavy atom. The predicted molar refractivity (Wildman–Crippen MR) is 98.5 cm³/mol. The standard InChI is InChI=1S/C19H18FN3O3S/c1-23-11-10-21-18(23)17(14-4-3-5-15(20)12-14)22-19(24)13-6-8-16(9-7-13)27(2,25)26/h3-12,17H,1-2H3,(H,22,24). The number of nitrogens with zero attached hydrogens (tertiary/aromatic N) is 2. The highest BCUT2D eigenvalue weighted by molar-refractivity contribution is 7.90. The number of hydrogen-bond acceptors (Lipinski definition) is 4. The lowest BCUT2D eigenvalue weighted by Gasteiger charge is -2.19. The van der Waals surface area contributed by atoms with E-state index in [1.807, 2.05) is 0 Å². The Balaban J connectivity index is 1.92. The number of halogens is 1. The maximum absolute atomic E-state index is 13.7. The van der Waals surface area contributed by atoms with Crippen LogP contribution in [0, 0.1) is 5.82 Å². The fraction of sp³-hybridized carbons (Fsp3) is 0.158. The topological polar surface area (TPSA) is 81.1 Å². The van der Waals surface area contributed by atoms with Crippen molar-refractivity contribution in [3.8, 4) is 0 Å². The van der Waals surface area contributed by atoms with Gasteiger partial charge in [0, 0.05) is 31.3 Å². The number of carbonyl (C=O) groups is 1. The van der Waals surface area contributed by atoms with Gasteiger partial charge in [0.2, 0.25) is 0 Å². The molecule has 2 aromatic carbocycles. The van der Waals surface area contributed by atoms with Crippen LogP contribution in [-0.4, -0.2) is 30.1 Å². The van der Waals surface area contributed by atoms with Crippen LogP contribution in [-0.2, 0) is 16.9 Å². The molecule has 1 atom stereocenters. The molecule has 0 saturated carbocycles. The van der Waals surface area contributed by atoms with E-state index in [0.29, 0.717) is 11.4 Å². The maximum atomic E-state index is 13.7. The highest BCUT2D eigenvalue weighted by Crippen LogP contribution is 2.22. The number of nitrogens with one attached hydrogen (secondary N) is 1. The highest BCUT2D eigenvalue weighted by Gasteiger charge is 2.22. The van der Waals surface area contributed by atoms with Gasteiger partial charge in [0.1, 0.15) is 17.7 Å². The van der Waals surface area contributed by atoms with Gasteiger partial charge in [0.15, 0.2) is 9.84 Å². The largest absolute Gasteiger partial charge is 0.338 e. The Morgan fingerprint density at radius 3 is 2.44 bits per heavy atom. The summed E-state index contributed by atoms with van der Waals surface area (Å²) in [5.41, 5.74) is 0.836. The number of aromatic nitrogens is 2. The lowest BCUT2D eigenvalue weighted by Crippen LogP contribution is -2.31. The maximum Gasteiger partial charge on any atom is 0.252 e. The van der Waals surface area contributed by atoms with Crippen molar-refractivity contribution in [1.29, 1.82) is 0 Å². The number of carbonyl (C=O) groups excluding carboxylic acids is 1. The third-order valence-electron chi connectivity index (χ3n) is 4.12. The van der Waals surface area contributed by atoms with Crippen molar-refractivity contribution in [2.24, 2.45) is 7.05 Å². The van der Waals surface area contributed by atoms with Gasteiger partial charge in [0.05, 0.1) is 4.90 Å². The van der Waals surface area contributed by atoms with Crippen molar-refractivity contribution < 1.29 is 17.6 Å². The van der Waals surface area contributed by atoms with E-state index in [4.69, 9.17) is 0 Å². The molecule has 140 valence electrons. The molecule has 6 nitrogen and oxygen atoms in total. The quantitative estimate of drug-likeness (QED) is 0.729. The van der Waals surface area contributed by atoms with Crippen LogP contribution in [0.5, 0.6) is 0 Å². The molecule has 0 spiro atoms. The van der Waals surface area contributed by atoms with E-state index in [9.17, 15) is 17.6 Å². The first-order valence-corrected chi connectivity index (χ1v) is 9.98. The molecule has 3 aromatic rings. The molecule has 1 amide bonds. The number of hydrogen-bond donors (Lipinski definition) is 1. The average Bonchev–Trinajstić information content (AvgIpc) is 3.04. The van der Waals surface area contributed by atoms with Gasteiger partial charge in [-0.2, -0.15) is 0 Å². The van der Waals surface area contributed by atoms with Gasteiger partial charge in [-0.15, -0.1) is 0 Å². The first-order valence-electron chi connectivity index (χ1n) is 8.09. The Morgan fingerprint density at radius 1 is 1.19 bits per heavy atom. The van der Waals surface area contributed by atoms with Gasteiger partial charge in [-0.25, -0.2) is 17.8 Å². The van der Waals surface area contributed by atoms with Crippen LogP contribution in [0.4, 0.5) is 4.39 Å². The molecule has 0 aliphatic carbocycles. The molecule has 0 bridgehead atoms. The van der Waals surface area contributed by atoms with Crippen LogP contribution in [0.25, 0.3) is 0 Å². The number of sulfone groups is 1. The predicted octanol–water partition coefficient (Wildman–Crippen LogP) is 2.48. The second kappa shape index (κ2) is 7.32. The second-order valence-corrected chi connectivity index (χ2v) is 8.17. The lowest BCUT2D eigenvalue weighted by molar-refractivity contribution is 0.0941. The Hall–Kier alpha value is -3.00. The molecule has 0 radical (unpaired) electrons. The summed E-state index contributed by atoms with van der Waals surface area (Å²) in [6.07, 6.45) is 4.42. The first-order chi connectivity index (χ1) is 12.8. The lowest BCUT2D eigenvalue weighted by atomic mass is 10.0. The Labute approximate surface area is 156 Å². The minimum Gasteiger partial charge on any atom is -0.338 e. The van der Waals surface area contributed by atoms with Gasteiger partial charge >= 0.3 is 0 Å². The van der Waals surface area contributed by atoms with Gasteiger partial charge in [-0.3, -0.25) is 4.79 Å². The van der Waals surface area contributed by atoms with E-state index in [1.165, 1.54) is 36.4 Å². The van der Waals surface area contributed by atoms with E-state index in [1.54, 1.807) is 36.1 Å². The van der Waals surface area contributed by atoms with E-state index < -0.39 is 27.6 Å². The number of rotatable bonds is 5. The van der Waals surface area contributed by atoms with E-state index in [2.05, 4.69) is 10.3 Å². The molecule has 27 heavy (non-hydrogen) atoms.